The molecule has 0 saturated carbocycles. The molecule has 3 aromatic rings. The number of para-hydroxylation sites is 1. The zero-order valence-electron chi connectivity index (χ0n) is 17.2. The van der Waals surface area contributed by atoms with Gasteiger partial charge in [0.15, 0.2) is 0 Å². The number of benzene rings is 2. The van der Waals surface area contributed by atoms with Gasteiger partial charge in [0.05, 0.1) is 22.3 Å². The van der Waals surface area contributed by atoms with Crippen LogP contribution in [-0.4, -0.2) is 47.3 Å². The third kappa shape index (κ3) is 3.63. The van der Waals surface area contributed by atoms with Crippen LogP contribution in [0.1, 0.15) is 34.1 Å². The van der Waals surface area contributed by atoms with Crippen molar-refractivity contribution in [3.05, 3.63) is 88.7 Å². The molecular weight excluding hydrogens is 410 g/mol. The van der Waals surface area contributed by atoms with E-state index in [0.717, 1.165) is 35.9 Å². The number of hydrogen-bond donors (Lipinski definition) is 0. The van der Waals surface area contributed by atoms with Crippen molar-refractivity contribution >= 4 is 29.0 Å². The molecular formula is C25H24ClN3O2. The maximum absolute atomic E-state index is 13.3. The zero-order chi connectivity index (χ0) is 21.4. The molecule has 0 N–H and O–H groups in total. The highest BCUT2D eigenvalue weighted by molar-refractivity contribution is 6.33. The lowest BCUT2D eigenvalue weighted by atomic mass is 10.0. The van der Waals surface area contributed by atoms with Crippen LogP contribution in [0.2, 0.25) is 5.02 Å². The molecule has 1 atom stereocenters. The van der Waals surface area contributed by atoms with Crippen molar-refractivity contribution in [2.24, 2.45) is 0 Å². The van der Waals surface area contributed by atoms with E-state index in [9.17, 15) is 9.59 Å². The number of carbonyl (C=O) groups is 2. The van der Waals surface area contributed by atoms with Crippen LogP contribution in [-0.2, 0) is 11.3 Å². The Kier molecular flexibility index (Phi) is 5.28. The molecule has 3 heterocycles. The summed E-state index contributed by atoms with van der Waals surface area (Å²) in [4.78, 5) is 30.4. The lowest BCUT2D eigenvalue weighted by molar-refractivity contribution is -0.133. The minimum atomic E-state index is -0.177. The Labute approximate surface area is 186 Å². The second-order valence-corrected chi connectivity index (χ2v) is 8.50. The molecule has 1 unspecified atom stereocenters. The highest BCUT2D eigenvalue weighted by Gasteiger charge is 2.35. The SMILES string of the molecule is O=C(c1ccccc1)c1ccc2n1CCC2C(=O)N1CCN(c2ccccc2Cl)CC1. The van der Waals surface area contributed by atoms with Crippen molar-refractivity contribution in [3.63, 3.8) is 0 Å². The first-order valence-corrected chi connectivity index (χ1v) is 11.1. The van der Waals surface area contributed by atoms with Gasteiger partial charge in [0.25, 0.3) is 0 Å². The topological polar surface area (TPSA) is 45.6 Å². The molecule has 158 valence electrons. The molecule has 0 aliphatic carbocycles. The number of fused-ring (bicyclic) bond motifs is 1. The van der Waals surface area contributed by atoms with Crippen LogP contribution in [0.15, 0.2) is 66.7 Å². The number of halogens is 1. The van der Waals surface area contributed by atoms with E-state index in [-0.39, 0.29) is 17.6 Å². The Hall–Kier alpha value is -3.05. The molecule has 2 aliphatic heterocycles. The summed E-state index contributed by atoms with van der Waals surface area (Å²) in [5, 5.41) is 0.742. The number of hydrogen-bond acceptors (Lipinski definition) is 3. The van der Waals surface area contributed by atoms with Crippen LogP contribution in [0.25, 0.3) is 0 Å². The Bertz CT molecular complexity index is 1120. The van der Waals surface area contributed by atoms with E-state index < -0.39 is 0 Å². The Morgan fingerprint density at radius 1 is 0.806 bits per heavy atom. The quantitative estimate of drug-likeness (QED) is 0.579. The number of carbonyl (C=O) groups excluding carboxylic acids is 2. The Balaban J connectivity index is 1.28. The monoisotopic (exact) mass is 433 g/mol. The number of anilines is 1. The molecule has 0 radical (unpaired) electrons. The molecule has 5 nitrogen and oxygen atoms in total. The first kappa shape index (κ1) is 19.9. The van der Waals surface area contributed by atoms with Crippen LogP contribution < -0.4 is 4.90 Å². The third-order valence-electron chi connectivity index (χ3n) is 6.36. The normalized spacial score (nSPS) is 18.2. The summed E-state index contributed by atoms with van der Waals surface area (Å²) >= 11 is 6.34. The average Bonchev–Trinajstić information content (AvgIpc) is 3.42. The molecule has 1 saturated heterocycles. The lowest BCUT2D eigenvalue weighted by Crippen LogP contribution is -2.50. The first-order chi connectivity index (χ1) is 15.1. The number of nitrogens with zero attached hydrogens (tertiary/aromatic N) is 3. The van der Waals surface area contributed by atoms with Crippen LogP contribution >= 0.6 is 11.6 Å². The van der Waals surface area contributed by atoms with Crippen LogP contribution in [0.4, 0.5) is 5.69 Å². The maximum Gasteiger partial charge on any atom is 0.231 e. The molecule has 0 bridgehead atoms. The van der Waals surface area contributed by atoms with Crippen molar-refractivity contribution < 1.29 is 9.59 Å². The highest BCUT2D eigenvalue weighted by Crippen LogP contribution is 2.34. The van der Waals surface area contributed by atoms with E-state index in [0.29, 0.717) is 30.9 Å². The average molecular weight is 434 g/mol. The molecule has 6 heteroatoms. The van der Waals surface area contributed by atoms with Crippen LogP contribution in [0.3, 0.4) is 0 Å². The van der Waals surface area contributed by atoms with Gasteiger partial charge in [-0.1, -0.05) is 54.1 Å². The molecule has 31 heavy (non-hydrogen) atoms. The van der Waals surface area contributed by atoms with Gasteiger partial charge in [-0.25, -0.2) is 0 Å². The van der Waals surface area contributed by atoms with E-state index in [2.05, 4.69) is 4.90 Å². The summed E-state index contributed by atoms with van der Waals surface area (Å²) in [7, 11) is 0. The second kappa shape index (κ2) is 8.23. The molecule has 2 aliphatic rings. The summed E-state index contributed by atoms with van der Waals surface area (Å²) < 4.78 is 2.03. The van der Waals surface area contributed by atoms with Gasteiger partial charge in [-0.05, 0) is 30.7 Å². The smallest absolute Gasteiger partial charge is 0.231 e. The van der Waals surface area contributed by atoms with Crippen LogP contribution in [0, 0.1) is 0 Å². The van der Waals surface area contributed by atoms with Gasteiger partial charge in [0, 0.05) is 44.0 Å². The highest BCUT2D eigenvalue weighted by atomic mass is 35.5. The third-order valence-corrected chi connectivity index (χ3v) is 6.68. The summed E-state index contributed by atoms with van der Waals surface area (Å²) in [6.45, 7) is 3.59. The van der Waals surface area contributed by atoms with E-state index >= 15 is 0 Å². The number of rotatable bonds is 4. The van der Waals surface area contributed by atoms with Crippen molar-refractivity contribution in [2.75, 3.05) is 31.1 Å². The van der Waals surface area contributed by atoms with E-state index in [4.69, 9.17) is 11.6 Å². The minimum Gasteiger partial charge on any atom is -0.367 e. The summed E-state index contributed by atoms with van der Waals surface area (Å²) in [6, 6.07) is 21.0. The molecule has 2 aromatic carbocycles. The van der Waals surface area contributed by atoms with Crippen LogP contribution in [0.5, 0.6) is 0 Å². The fourth-order valence-electron chi connectivity index (χ4n) is 4.73. The molecule has 5 rings (SSSR count). The van der Waals surface area contributed by atoms with E-state index in [1.165, 1.54) is 0 Å². The van der Waals surface area contributed by atoms with Gasteiger partial charge in [-0.3, -0.25) is 9.59 Å². The summed E-state index contributed by atoms with van der Waals surface area (Å²) in [5.74, 6) is -0.00754. The van der Waals surface area contributed by atoms with Crippen molar-refractivity contribution in [1.29, 1.82) is 0 Å². The maximum atomic E-state index is 13.3. The van der Waals surface area contributed by atoms with Gasteiger partial charge >= 0.3 is 0 Å². The molecule has 1 fully saturated rings. The van der Waals surface area contributed by atoms with Crippen molar-refractivity contribution in [1.82, 2.24) is 9.47 Å². The standard InChI is InChI=1S/C25H24ClN3O2/c26-20-8-4-5-9-22(20)27-14-16-28(17-15-27)25(31)19-12-13-29-21(19)10-11-23(29)24(30)18-6-2-1-3-7-18/h1-11,19H,12-17H2. The van der Waals surface area contributed by atoms with Crippen molar-refractivity contribution in [2.45, 2.75) is 18.9 Å². The summed E-state index contributed by atoms with van der Waals surface area (Å²) in [6.07, 6.45) is 0.745. The molecule has 1 amide bonds. The zero-order valence-corrected chi connectivity index (χ0v) is 18.0. The largest absolute Gasteiger partial charge is 0.367 e. The van der Waals surface area contributed by atoms with Crippen molar-refractivity contribution in [3.8, 4) is 0 Å². The first-order valence-electron chi connectivity index (χ1n) is 10.7. The van der Waals surface area contributed by atoms with E-state index in [1.807, 2.05) is 76.2 Å². The predicted molar refractivity (Wildman–Crippen MR) is 122 cm³/mol. The number of aromatic nitrogens is 1. The van der Waals surface area contributed by atoms with Gasteiger partial charge in [-0.15, -0.1) is 0 Å². The Morgan fingerprint density at radius 3 is 2.26 bits per heavy atom. The lowest BCUT2D eigenvalue weighted by Gasteiger charge is -2.37. The summed E-state index contributed by atoms with van der Waals surface area (Å²) in [5.41, 5.74) is 3.32. The van der Waals surface area contributed by atoms with Gasteiger partial charge in [0.2, 0.25) is 11.7 Å². The predicted octanol–water partition coefficient (Wildman–Crippen LogP) is 4.21. The second-order valence-electron chi connectivity index (χ2n) is 8.10. The fourth-order valence-corrected chi connectivity index (χ4v) is 4.98. The number of ketones is 1. The fraction of sp³-hybridized carbons (Fsp3) is 0.280. The van der Waals surface area contributed by atoms with Gasteiger partial charge in [-0.2, -0.15) is 0 Å². The number of amides is 1. The van der Waals surface area contributed by atoms with Gasteiger partial charge < -0.3 is 14.4 Å². The minimum absolute atomic E-state index is 0.00769. The molecule has 1 aromatic heterocycles. The van der Waals surface area contributed by atoms with E-state index in [1.54, 1.807) is 0 Å². The Morgan fingerprint density at radius 2 is 1.52 bits per heavy atom. The molecule has 0 spiro atoms. The number of piperazine rings is 1. The van der Waals surface area contributed by atoms with Gasteiger partial charge in [0.1, 0.15) is 0 Å².